The normalized spacial score (nSPS) is 11.0. The van der Waals surface area contributed by atoms with E-state index in [1.54, 1.807) is 29.1 Å². The first kappa shape index (κ1) is 13.5. The molecule has 0 spiro atoms. The second-order valence-electron chi connectivity index (χ2n) is 4.66. The minimum Gasteiger partial charge on any atom is -0.399 e. The van der Waals surface area contributed by atoms with Crippen molar-refractivity contribution in [1.29, 1.82) is 0 Å². The smallest absolute Gasteiger partial charge is 0.261 e. The summed E-state index contributed by atoms with van der Waals surface area (Å²) in [5.74, 6) is 0. The first-order chi connectivity index (χ1) is 9.22. The largest absolute Gasteiger partial charge is 0.399 e. The van der Waals surface area contributed by atoms with Crippen LogP contribution in [0.15, 0.2) is 29.3 Å². The van der Waals surface area contributed by atoms with Crippen LogP contribution in [0.2, 0.25) is 0 Å². The summed E-state index contributed by atoms with van der Waals surface area (Å²) in [7, 11) is 0. The number of aryl methyl sites for hydroxylation is 1. The third kappa shape index (κ3) is 3.32. The van der Waals surface area contributed by atoms with E-state index in [2.05, 4.69) is 4.98 Å². The number of unbranched alkanes of at least 4 members (excludes halogenated alkanes) is 3. The van der Waals surface area contributed by atoms with E-state index in [1.807, 2.05) is 0 Å². The number of nitrogens with zero attached hydrogens (tertiary/aromatic N) is 2. The monoisotopic (exact) mass is 261 g/mol. The molecular formula is C14H19N3O2. The van der Waals surface area contributed by atoms with Gasteiger partial charge in [-0.15, -0.1) is 0 Å². The van der Waals surface area contributed by atoms with E-state index in [9.17, 15) is 4.79 Å². The maximum absolute atomic E-state index is 12.2. The van der Waals surface area contributed by atoms with Gasteiger partial charge in [-0.3, -0.25) is 9.36 Å². The number of nitrogen functional groups attached to an aromatic ring is 1. The lowest BCUT2D eigenvalue weighted by molar-refractivity contribution is 0.282. The zero-order chi connectivity index (χ0) is 13.7. The van der Waals surface area contributed by atoms with Crippen LogP contribution in [0.3, 0.4) is 0 Å². The van der Waals surface area contributed by atoms with Crippen molar-refractivity contribution in [3.8, 4) is 0 Å². The SMILES string of the molecule is Nc1ccc2ncn(CCCCCCO)c(=O)c2c1. The first-order valence-electron chi connectivity index (χ1n) is 6.58. The van der Waals surface area contributed by atoms with Gasteiger partial charge in [0.15, 0.2) is 0 Å². The Hall–Kier alpha value is -1.88. The lowest BCUT2D eigenvalue weighted by Crippen LogP contribution is -2.20. The number of anilines is 1. The Labute approximate surface area is 111 Å². The van der Waals surface area contributed by atoms with Crippen LogP contribution in [0.4, 0.5) is 5.69 Å². The molecule has 2 rings (SSSR count). The molecular weight excluding hydrogens is 242 g/mol. The summed E-state index contributed by atoms with van der Waals surface area (Å²) in [5, 5.41) is 9.26. The second kappa shape index (κ2) is 6.33. The quantitative estimate of drug-likeness (QED) is 0.610. The van der Waals surface area contributed by atoms with Crippen molar-refractivity contribution < 1.29 is 5.11 Å². The fourth-order valence-corrected chi connectivity index (χ4v) is 2.08. The third-order valence-electron chi connectivity index (χ3n) is 3.16. The number of hydrogen-bond acceptors (Lipinski definition) is 4. The Bertz CT molecular complexity index is 607. The average Bonchev–Trinajstić information content (AvgIpc) is 2.41. The molecule has 0 atom stereocenters. The third-order valence-corrected chi connectivity index (χ3v) is 3.16. The maximum Gasteiger partial charge on any atom is 0.261 e. The van der Waals surface area contributed by atoms with Gasteiger partial charge in [0.1, 0.15) is 0 Å². The Balaban J connectivity index is 2.11. The zero-order valence-electron chi connectivity index (χ0n) is 10.9. The van der Waals surface area contributed by atoms with E-state index >= 15 is 0 Å². The summed E-state index contributed by atoms with van der Waals surface area (Å²) >= 11 is 0. The molecule has 19 heavy (non-hydrogen) atoms. The van der Waals surface area contributed by atoms with Crippen LogP contribution in [0, 0.1) is 0 Å². The van der Waals surface area contributed by atoms with Crippen LogP contribution in [0.1, 0.15) is 25.7 Å². The Kier molecular flexibility index (Phi) is 4.52. The molecule has 0 aliphatic rings. The summed E-state index contributed by atoms with van der Waals surface area (Å²) in [4.78, 5) is 16.5. The molecule has 3 N–H and O–H groups in total. The van der Waals surface area contributed by atoms with Crippen LogP contribution in [0.5, 0.6) is 0 Å². The Morgan fingerprint density at radius 1 is 1.21 bits per heavy atom. The minimum absolute atomic E-state index is 0.0422. The molecule has 1 aromatic carbocycles. The van der Waals surface area contributed by atoms with Crippen molar-refractivity contribution in [2.24, 2.45) is 0 Å². The molecule has 0 amide bonds. The van der Waals surface area contributed by atoms with Gasteiger partial charge in [0.25, 0.3) is 5.56 Å². The molecule has 0 fully saturated rings. The van der Waals surface area contributed by atoms with Gasteiger partial charge in [-0.2, -0.15) is 0 Å². The zero-order valence-corrected chi connectivity index (χ0v) is 10.9. The summed E-state index contributed by atoms with van der Waals surface area (Å²) in [6.07, 6.45) is 5.31. The molecule has 5 heteroatoms. The van der Waals surface area contributed by atoms with Gasteiger partial charge in [0.2, 0.25) is 0 Å². The van der Waals surface area contributed by atoms with Gasteiger partial charge in [-0.05, 0) is 31.0 Å². The van der Waals surface area contributed by atoms with E-state index in [1.165, 1.54) is 0 Å². The molecule has 0 saturated carbocycles. The van der Waals surface area contributed by atoms with Crippen LogP contribution in [-0.4, -0.2) is 21.3 Å². The van der Waals surface area contributed by atoms with Gasteiger partial charge in [-0.1, -0.05) is 12.8 Å². The molecule has 1 aromatic heterocycles. The molecule has 0 saturated heterocycles. The molecule has 0 aliphatic heterocycles. The van der Waals surface area contributed by atoms with E-state index in [4.69, 9.17) is 10.8 Å². The van der Waals surface area contributed by atoms with Crippen molar-refractivity contribution in [3.63, 3.8) is 0 Å². The lowest BCUT2D eigenvalue weighted by atomic mass is 10.2. The summed E-state index contributed by atoms with van der Waals surface area (Å²) in [6, 6.07) is 5.18. The fourth-order valence-electron chi connectivity index (χ4n) is 2.08. The highest BCUT2D eigenvalue weighted by Gasteiger charge is 2.04. The summed E-state index contributed by atoms with van der Waals surface area (Å²) in [5.41, 5.74) is 6.91. The lowest BCUT2D eigenvalue weighted by Gasteiger charge is -2.06. The minimum atomic E-state index is -0.0422. The highest BCUT2D eigenvalue weighted by atomic mass is 16.2. The molecule has 0 unspecified atom stereocenters. The predicted octanol–water partition coefficient (Wildman–Crippen LogP) is 1.53. The van der Waals surface area contributed by atoms with Gasteiger partial charge >= 0.3 is 0 Å². The molecule has 2 aromatic rings. The number of hydrogen-bond donors (Lipinski definition) is 2. The number of benzene rings is 1. The molecule has 1 heterocycles. The molecule has 5 nitrogen and oxygen atoms in total. The highest BCUT2D eigenvalue weighted by Crippen LogP contribution is 2.11. The standard InChI is InChI=1S/C14H19N3O2/c15-11-5-6-13-12(9-11)14(19)17(10-16-13)7-3-1-2-4-8-18/h5-6,9-10,18H,1-4,7-8,15H2. The van der Waals surface area contributed by atoms with Crippen molar-refractivity contribution in [2.75, 3.05) is 12.3 Å². The number of rotatable bonds is 6. The average molecular weight is 261 g/mol. The van der Waals surface area contributed by atoms with Gasteiger partial charge in [-0.25, -0.2) is 4.98 Å². The van der Waals surface area contributed by atoms with Crippen LogP contribution in [-0.2, 0) is 6.54 Å². The number of fused-ring (bicyclic) bond motifs is 1. The number of nitrogens with two attached hydrogens (primary N) is 1. The maximum atomic E-state index is 12.2. The van der Waals surface area contributed by atoms with E-state index < -0.39 is 0 Å². The Morgan fingerprint density at radius 2 is 2.00 bits per heavy atom. The second-order valence-corrected chi connectivity index (χ2v) is 4.66. The number of aromatic nitrogens is 2. The van der Waals surface area contributed by atoms with Gasteiger partial charge in [0, 0.05) is 18.8 Å². The fraction of sp³-hybridized carbons (Fsp3) is 0.429. The van der Waals surface area contributed by atoms with Crippen LogP contribution in [0.25, 0.3) is 10.9 Å². The molecule has 0 aliphatic carbocycles. The molecule has 0 bridgehead atoms. The predicted molar refractivity (Wildman–Crippen MR) is 76.0 cm³/mol. The number of aliphatic hydroxyl groups excluding tert-OH is 1. The van der Waals surface area contributed by atoms with Crippen molar-refractivity contribution in [1.82, 2.24) is 9.55 Å². The highest BCUT2D eigenvalue weighted by molar-refractivity contribution is 5.80. The van der Waals surface area contributed by atoms with Gasteiger partial charge < -0.3 is 10.8 Å². The topological polar surface area (TPSA) is 81.1 Å². The Morgan fingerprint density at radius 3 is 2.79 bits per heavy atom. The van der Waals surface area contributed by atoms with E-state index in [0.717, 1.165) is 25.7 Å². The van der Waals surface area contributed by atoms with Crippen molar-refractivity contribution in [2.45, 2.75) is 32.2 Å². The first-order valence-corrected chi connectivity index (χ1v) is 6.58. The number of aliphatic hydroxyl groups is 1. The van der Waals surface area contributed by atoms with Crippen LogP contribution >= 0.6 is 0 Å². The van der Waals surface area contributed by atoms with E-state index in [-0.39, 0.29) is 12.2 Å². The molecule has 0 radical (unpaired) electrons. The summed E-state index contributed by atoms with van der Waals surface area (Å²) in [6.45, 7) is 0.888. The van der Waals surface area contributed by atoms with Crippen molar-refractivity contribution in [3.05, 3.63) is 34.9 Å². The summed E-state index contributed by atoms with van der Waals surface area (Å²) < 4.78 is 1.63. The van der Waals surface area contributed by atoms with E-state index in [0.29, 0.717) is 23.1 Å². The van der Waals surface area contributed by atoms with Gasteiger partial charge in [0.05, 0.1) is 17.2 Å². The van der Waals surface area contributed by atoms with Crippen LogP contribution < -0.4 is 11.3 Å². The molecule has 102 valence electrons. The van der Waals surface area contributed by atoms with Crippen molar-refractivity contribution >= 4 is 16.6 Å².